The fourth-order valence-electron chi connectivity index (χ4n) is 3.16. The number of benzene rings is 1. The van der Waals surface area contributed by atoms with Gasteiger partial charge in [-0.3, -0.25) is 14.5 Å². The Morgan fingerprint density at radius 1 is 1.15 bits per heavy atom. The van der Waals surface area contributed by atoms with Gasteiger partial charge in [-0.2, -0.15) is 0 Å². The van der Waals surface area contributed by atoms with Crippen molar-refractivity contribution in [2.45, 2.75) is 19.4 Å². The number of rotatable bonds is 5. The number of amides is 2. The number of hydrogen-bond donors (Lipinski definition) is 1. The van der Waals surface area contributed by atoms with Crippen LogP contribution in [0, 0.1) is 5.82 Å². The first-order chi connectivity index (χ1) is 12.6. The minimum atomic E-state index is -0.340. The summed E-state index contributed by atoms with van der Waals surface area (Å²) in [5, 5.41) is 2.83. The van der Waals surface area contributed by atoms with Crippen LogP contribution in [0.1, 0.15) is 23.9 Å². The van der Waals surface area contributed by atoms with E-state index in [9.17, 15) is 14.0 Å². The lowest BCUT2D eigenvalue weighted by atomic mass is 10.1. The van der Waals surface area contributed by atoms with E-state index in [4.69, 9.17) is 4.42 Å². The molecule has 0 aliphatic carbocycles. The van der Waals surface area contributed by atoms with Gasteiger partial charge in [0, 0.05) is 31.9 Å². The van der Waals surface area contributed by atoms with Crippen LogP contribution in [-0.2, 0) is 4.79 Å². The molecule has 26 heavy (non-hydrogen) atoms. The van der Waals surface area contributed by atoms with Gasteiger partial charge in [-0.15, -0.1) is 0 Å². The van der Waals surface area contributed by atoms with E-state index in [1.165, 1.54) is 18.4 Å². The van der Waals surface area contributed by atoms with Gasteiger partial charge in [0.25, 0.3) is 5.91 Å². The number of nitrogens with one attached hydrogen (secondary N) is 1. The van der Waals surface area contributed by atoms with Gasteiger partial charge in [0.05, 0.1) is 12.3 Å². The summed E-state index contributed by atoms with van der Waals surface area (Å²) in [6.07, 6.45) is 2.13. The van der Waals surface area contributed by atoms with Crippen molar-refractivity contribution in [1.82, 2.24) is 9.80 Å². The molecule has 0 spiro atoms. The number of hydrogen-bond acceptors (Lipinski definition) is 4. The summed E-state index contributed by atoms with van der Waals surface area (Å²) >= 11 is 0. The molecule has 7 heteroatoms. The Hall–Kier alpha value is -2.67. The average molecular weight is 359 g/mol. The number of anilines is 1. The first-order valence-corrected chi connectivity index (χ1v) is 8.71. The van der Waals surface area contributed by atoms with Crippen LogP contribution < -0.4 is 5.32 Å². The molecule has 1 fully saturated rings. The lowest BCUT2D eigenvalue weighted by Gasteiger charge is -2.38. The molecule has 1 aliphatic heterocycles. The quantitative estimate of drug-likeness (QED) is 0.891. The first-order valence-electron chi connectivity index (χ1n) is 8.71. The molecular weight excluding hydrogens is 337 g/mol. The molecule has 0 radical (unpaired) electrons. The second-order valence-electron chi connectivity index (χ2n) is 6.23. The van der Waals surface area contributed by atoms with Gasteiger partial charge < -0.3 is 14.6 Å². The molecule has 0 saturated carbocycles. The number of carbonyl (C=O) groups excluding carboxylic acids is 2. The van der Waals surface area contributed by atoms with Crippen molar-refractivity contribution < 1.29 is 18.4 Å². The van der Waals surface area contributed by atoms with Gasteiger partial charge in [0.2, 0.25) is 5.91 Å². The number of nitrogens with zero attached hydrogens (tertiary/aromatic N) is 2. The van der Waals surface area contributed by atoms with Crippen LogP contribution in [0.4, 0.5) is 10.1 Å². The summed E-state index contributed by atoms with van der Waals surface area (Å²) in [5.41, 5.74) is 0.571. The Bertz CT molecular complexity index is 738. The Morgan fingerprint density at radius 2 is 1.85 bits per heavy atom. The lowest BCUT2D eigenvalue weighted by Crippen LogP contribution is -2.54. The zero-order valence-corrected chi connectivity index (χ0v) is 14.7. The van der Waals surface area contributed by atoms with E-state index in [0.717, 1.165) is 0 Å². The highest BCUT2D eigenvalue weighted by molar-refractivity contribution is 5.95. The molecule has 0 bridgehead atoms. The molecule has 0 unspecified atom stereocenters. The highest BCUT2D eigenvalue weighted by Crippen LogP contribution is 2.15. The Kier molecular flexibility index (Phi) is 5.68. The fraction of sp³-hybridized carbons (Fsp3) is 0.368. The molecule has 138 valence electrons. The summed E-state index contributed by atoms with van der Waals surface area (Å²) in [7, 11) is 0. The third-order valence-electron chi connectivity index (χ3n) is 4.58. The Labute approximate surface area is 151 Å². The zero-order chi connectivity index (χ0) is 18.5. The van der Waals surface area contributed by atoms with E-state index in [-0.39, 0.29) is 23.7 Å². The van der Waals surface area contributed by atoms with E-state index >= 15 is 0 Å². The molecule has 2 heterocycles. The largest absolute Gasteiger partial charge is 0.459 e. The molecule has 6 nitrogen and oxygen atoms in total. The molecule has 1 aromatic heterocycles. The molecule has 1 saturated heterocycles. The number of carbonyl (C=O) groups is 2. The van der Waals surface area contributed by atoms with Gasteiger partial charge in [-0.1, -0.05) is 6.92 Å². The van der Waals surface area contributed by atoms with E-state index in [2.05, 4.69) is 10.2 Å². The van der Waals surface area contributed by atoms with Crippen LogP contribution >= 0.6 is 0 Å². The molecule has 2 aromatic rings. The summed E-state index contributed by atoms with van der Waals surface area (Å²) in [5.74, 6) is -0.254. The van der Waals surface area contributed by atoms with E-state index in [1.807, 2.05) is 6.92 Å². The van der Waals surface area contributed by atoms with Crippen molar-refractivity contribution >= 4 is 17.5 Å². The molecule has 1 aromatic carbocycles. The van der Waals surface area contributed by atoms with Gasteiger partial charge in [-0.25, -0.2) is 4.39 Å². The number of furan rings is 1. The second kappa shape index (κ2) is 8.14. The molecule has 1 atom stereocenters. The van der Waals surface area contributed by atoms with Crippen molar-refractivity contribution in [2.75, 3.05) is 31.5 Å². The van der Waals surface area contributed by atoms with Gasteiger partial charge >= 0.3 is 0 Å². The summed E-state index contributed by atoms with van der Waals surface area (Å²) < 4.78 is 18.1. The minimum absolute atomic E-state index is 0.120. The summed E-state index contributed by atoms with van der Waals surface area (Å²) in [4.78, 5) is 28.7. The van der Waals surface area contributed by atoms with E-state index < -0.39 is 0 Å². The van der Waals surface area contributed by atoms with Crippen LogP contribution in [0.5, 0.6) is 0 Å². The van der Waals surface area contributed by atoms with Crippen molar-refractivity contribution in [3.63, 3.8) is 0 Å². The molecule has 2 amide bonds. The van der Waals surface area contributed by atoms with Crippen LogP contribution in [0.2, 0.25) is 0 Å². The number of piperazine rings is 1. The van der Waals surface area contributed by atoms with E-state index in [1.54, 1.807) is 29.2 Å². The highest BCUT2D eigenvalue weighted by atomic mass is 19.1. The van der Waals surface area contributed by atoms with Gasteiger partial charge in [0.15, 0.2) is 5.76 Å². The molecule has 3 rings (SSSR count). The van der Waals surface area contributed by atoms with Gasteiger partial charge in [-0.05, 0) is 42.8 Å². The molecular formula is C19H22FN3O3. The van der Waals surface area contributed by atoms with Gasteiger partial charge in [0.1, 0.15) is 5.82 Å². The maximum Gasteiger partial charge on any atom is 0.289 e. The lowest BCUT2D eigenvalue weighted by molar-refractivity contribution is -0.122. The Balaban J connectivity index is 1.56. The van der Waals surface area contributed by atoms with Crippen molar-refractivity contribution in [3.8, 4) is 0 Å². The SMILES string of the molecule is CC[C@H](C(=O)Nc1ccc(F)cc1)N1CCN(C(=O)c2ccco2)CC1. The minimum Gasteiger partial charge on any atom is -0.459 e. The van der Waals surface area contributed by atoms with Crippen LogP contribution in [-0.4, -0.2) is 53.8 Å². The Morgan fingerprint density at radius 3 is 2.42 bits per heavy atom. The van der Waals surface area contributed by atoms with Crippen LogP contribution in [0.3, 0.4) is 0 Å². The van der Waals surface area contributed by atoms with Crippen LogP contribution in [0.25, 0.3) is 0 Å². The summed E-state index contributed by atoms with van der Waals surface area (Å²) in [6, 6.07) is 8.77. The number of halogens is 1. The maximum absolute atomic E-state index is 13.0. The summed E-state index contributed by atoms with van der Waals surface area (Å²) in [6.45, 7) is 4.26. The second-order valence-corrected chi connectivity index (χ2v) is 6.23. The maximum atomic E-state index is 13.0. The average Bonchev–Trinajstić information content (AvgIpc) is 3.19. The third-order valence-corrected chi connectivity index (χ3v) is 4.58. The highest BCUT2D eigenvalue weighted by Gasteiger charge is 2.30. The third kappa shape index (κ3) is 4.11. The molecule has 1 N–H and O–H groups in total. The fourth-order valence-corrected chi connectivity index (χ4v) is 3.16. The normalized spacial score (nSPS) is 16.3. The van der Waals surface area contributed by atoms with Crippen molar-refractivity contribution in [1.29, 1.82) is 0 Å². The topological polar surface area (TPSA) is 65.8 Å². The predicted molar refractivity (Wildman–Crippen MR) is 95.3 cm³/mol. The smallest absolute Gasteiger partial charge is 0.289 e. The zero-order valence-electron chi connectivity index (χ0n) is 14.7. The monoisotopic (exact) mass is 359 g/mol. The predicted octanol–water partition coefficient (Wildman–Crippen LogP) is 2.59. The van der Waals surface area contributed by atoms with E-state index in [0.29, 0.717) is 44.0 Å². The van der Waals surface area contributed by atoms with Crippen molar-refractivity contribution in [3.05, 3.63) is 54.2 Å². The first kappa shape index (κ1) is 18.1. The molecule has 1 aliphatic rings. The van der Waals surface area contributed by atoms with Crippen molar-refractivity contribution in [2.24, 2.45) is 0 Å². The van der Waals surface area contributed by atoms with Crippen LogP contribution in [0.15, 0.2) is 47.1 Å². The standard InChI is InChI=1S/C19H22FN3O3/c1-2-16(18(24)21-15-7-5-14(20)6-8-15)22-9-11-23(12-10-22)19(25)17-4-3-13-26-17/h3-8,13,16H,2,9-12H2,1H3,(H,21,24)/t16-/m1/s1.